The normalized spacial score (nSPS) is 14.2. The van der Waals surface area contributed by atoms with E-state index in [2.05, 4.69) is 0 Å². The smallest absolute Gasteiger partial charge is 0.198 e. The van der Waals surface area contributed by atoms with Crippen LogP contribution in [-0.2, 0) is 0 Å². The number of aryl methyl sites for hydroxylation is 3. The molecule has 0 fully saturated rings. The number of ether oxygens (including phenoxy) is 2. The summed E-state index contributed by atoms with van der Waals surface area (Å²) < 4.78 is 12.9. The molecule has 180 valence electrons. The topological polar surface area (TPSA) is 52.6 Å². The van der Waals surface area contributed by atoms with Crippen molar-refractivity contribution in [1.29, 1.82) is 0 Å². The van der Waals surface area contributed by atoms with Crippen LogP contribution in [0, 0.1) is 20.8 Å². The molecule has 0 radical (unpaired) electrons. The monoisotopic (exact) mass is 484 g/mol. The molecule has 2 aliphatic rings. The van der Waals surface area contributed by atoms with E-state index in [-0.39, 0.29) is 22.7 Å². The van der Waals surface area contributed by atoms with E-state index >= 15 is 0 Å². The van der Waals surface area contributed by atoms with Gasteiger partial charge in [-0.15, -0.1) is 0 Å². The molecule has 4 heteroatoms. The van der Waals surface area contributed by atoms with Gasteiger partial charge in [-0.25, -0.2) is 0 Å². The molecule has 0 N–H and O–H groups in total. The third-order valence-electron chi connectivity index (χ3n) is 6.66. The SMILES string of the molecule is Cc1cccc(OC2=C3C(=O)c4ccc(C)cc4C(Oc4cccc(C)c4)=C3C(=O)c3ccccc32)c1. The summed E-state index contributed by atoms with van der Waals surface area (Å²) in [5.41, 5.74) is 5.61. The lowest BCUT2D eigenvalue weighted by Crippen LogP contribution is -2.29. The Balaban J connectivity index is 1.67. The Bertz CT molecular complexity index is 1690. The molecule has 0 atom stereocenters. The van der Waals surface area contributed by atoms with Crippen LogP contribution in [0.3, 0.4) is 0 Å². The Labute approximate surface area is 215 Å². The lowest BCUT2D eigenvalue weighted by Gasteiger charge is -2.30. The second kappa shape index (κ2) is 8.75. The summed E-state index contributed by atoms with van der Waals surface area (Å²) >= 11 is 0. The van der Waals surface area contributed by atoms with Crippen LogP contribution in [0.15, 0.2) is 102 Å². The Kier molecular flexibility index (Phi) is 5.38. The summed E-state index contributed by atoms with van der Waals surface area (Å²) in [6, 6.07) is 28.1. The van der Waals surface area contributed by atoms with E-state index < -0.39 is 0 Å². The summed E-state index contributed by atoms with van der Waals surface area (Å²) in [4.78, 5) is 28.1. The fourth-order valence-corrected chi connectivity index (χ4v) is 4.93. The summed E-state index contributed by atoms with van der Waals surface area (Å²) in [5, 5.41) is 0. The van der Waals surface area contributed by atoms with Crippen molar-refractivity contribution in [1.82, 2.24) is 0 Å². The van der Waals surface area contributed by atoms with Crippen molar-refractivity contribution < 1.29 is 19.1 Å². The zero-order valence-corrected chi connectivity index (χ0v) is 20.8. The predicted molar refractivity (Wildman–Crippen MR) is 144 cm³/mol. The Morgan fingerprint density at radius 1 is 0.459 bits per heavy atom. The summed E-state index contributed by atoms with van der Waals surface area (Å²) in [6.07, 6.45) is 0. The van der Waals surface area contributed by atoms with Gasteiger partial charge in [-0.2, -0.15) is 0 Å². The standard InChI is InChI=1S/C33H24O4/c1-19-8-6-10-22(16-19)36-32-26-13-5-4-12-24(26)30(34)29-28(32)31(35)25-15-14-21(3)18-27(25)33(29)37-23-11-7-9-20(2)17-23/h4-18H,1-3H3. The van der Waals surface area contributed by atoms with Gasteiger partial charge in [0, 0.05) is 22.3 Å². The van der Waals surface area contributed by atoms with Crippen molar-refractivity contribution in [3.63, 3.8) is 0 Å². The largest absolute Gasteiger partial charge is 0.456 e. The molecule has 2 aliphatic carbocycles. The molecule has 0 bridgehead atoms. The molecule has 0 aromatic heterocycles. The number of ketones is 2. The molecule has 4 aromatic rings. The molecule has 37 heavy (non-hydrogen) atoms. The van der Waals surface area contributed by atoms with Gasteiger partial charge in [0.1, 0.15) is 23.0 Å². The molecule has 0 spiro atoms. The van der Waals surface area contributed by atoms with Crippen LogP contribution in [0.25, 0.3) is 11.5 Å². The molecule has 0 heterocycles. The molecule has 0 unspecified atom stereocenters. The molecule has 0 aliphatic heterocycles. The highest BCUT2D eigenvalue weighted by Crippen LogP contribution is 2.45. The van der Waals surface area contributed by atoms with Gasteiger partial charge in [-0.05, 0) is 62.2 Å². The lowest BCUT2D eigenvalue weighted by atomic mass is 9.76. The average molecular weight is 485 g/mol. The quantitative estimate of drug-likeness (QED) is 0.305. The van der Waals surface area contributed by atoms with E-state index in [9.17, 15) is 9.59 Å². The second-order valence-corrected chi connectivity index (χ2v) is 9.50. The minimum absolute atomic E-state index is 0.226. The highest BCUT2D eigenvalue weighted by molar-refractivity contribution is 6.34. The summed E-state index contributed by atoms with van der Waals surface area (Å²) in [7, 11) is 0. The number of carbonyl (C=O) groups is 2. The highest BCUT2D eigenvalue weighted by Gasteiger charge is 2.42. The first-order chi connectivity index (χ1) is 17.9. The number of allylic oxidation sites excluding steroid dienone is 2. The van der Waals surface area contributed by atoms with Crippen LogP contribution in [-0.4, -0.2) is 11.6 Å². The molecule has 0 amide bonds. The number of benzene rings is 4. The minimum atomic E-state index is -0.259. The number of rotatable bonds is 4. The highest BCUT2D eigenvalue weighted by atomic mass is 16.5. The van der Waals surface area contributed by atoms with E-state index in [0.29, 0.717) is 45.3 Å². The van der Waals surface area contributed by atoms with Crippen molar-refractivity contribution in [2.75, 3.05) is 0 Å². The maximum absolute atomic E-state index is 14.1. The van der Waals surface area contributed by atoms with Gasteiger partial charge in [0.25, 0.3) is 0 Å². The van der Waals surface area contributed by atoms with Crippen molar-refractivity contribution in [3.05, 3.63) is 141 Å². The van der Waals surface area contributed by atoms with Gasteiger partial charge in [0.15, 0.2) is 11.6 Å². The molecular formula is C33H24O4. The van der Waals surface area contributed by atoms with Gasteiger partial charge in [-0.3, -0.25) is 9.59 Å². The van der Waals surface area contributed by atoms with Crippen LogP contribution in [0.5, 0.6) is 11.5 Å². The third kappa shape index (κ3) is 3.87. The van der Waals surface area contributed by atoms with Crippen LogP contribution in [0.1, 0.15) is 48.5 Å². The number of Topliss-reactive ketones (excluding diaryl/α,β-unsaturated/α-hetero) is 2. The number of hydrogen-bond donors (Lipinski definition) is 0. The summed E-state index contributed by atoms with van der Waals surface area (Å²) in [5.74, 6) is 1.39. The maximum atomic E-state index is 14.1. The molecule has 4 nitrogen and oxygen atoms in total. The van der Waals surface area contributed by atoms with E-state index in [1.165, 1.54) is 0 Å². The van der Waals surface area contributed by atoms with Crippen molar-refractivity contribution >= 4 is 23.1 Å². The molecule has 4 aromatic carbocycles. The Hall–Kier alpha value is -4.70. The van der Waals surface area contributed by atoms with E-state index in [0.717, 1.165) is 16.7 Å². The van der Waals surface area contributed by atoms with Gasteiger partial charge in [-0.1, -0.05) is 66.2 Å². The molecule has 6 rings (SSSR count). The van der Waals surface area contributed by atoms with Gasteiger partial charge < -0.3 is 9.47 Å². The average Bonchev–Trinajstić information content (AvgIpc) is 2.88. The number of carbonyl (C=O) groups excluding carboxylic acids is 2. The molecular weight excluding hydrogens is 460 g/mol. The van der Waals surface area contributed by atoms with Gasteiger partial charge >= 0.3 is 0 Å². The predicted octanol–water partition coefficient (Wildman–Crippen LogP) is 7.28. The Morgan fingerprint density at radius 3 is 1.51 bits per heavy atom. The van der Waals surface area contributed by atoms with Gasteiger partial charge in [0.2, 0.25) is 0 Å². The zero-order chi connectivity index (χ0) is 25.7. The van der Waals surface area contributed by atoms with Crippen molar-refractivity contribution in [3.8, 4) is 11.5 Å². The first kappa shape index (κ1) is 22.7. The van der Waals surface area contributed by atoms with E-state index in [4.69, 9.17) is 9.47 Å². The van der Waals surface area contributed by atoms with Gasteiger partial charge in [0.05, 0.1) is 11.1 Å². The van der Waals surface area contributed by atoms with Crippen molar-refractivity contribution in [2.45, 2.75) is 20.8 Å². The fourth-order valence-electron chi connectivity index (χ4n) is 4.93. The zero-order valence-electron chi connectivity index (χ0n) is 20.8. The Morgan fingerprint density at radius 2 is 0.946 bits per heavy atom. The van der Waals surface area contributed by atoms with Crippen LogP contribution in [0.2, 0.25) is 0 Å². The number of hydrogen-bond acceptors (Lipinski definition) is 4. The summed E-state index contributed by atoms with van der Waals surface area (Å²) in [6.45, 7) is 5.91. The maximum Gasteiger partial charge on any atom is 0.198 e. The van der Waals surface area contributed by atoms with Crippen LogP contribution >= 0.6 is 0 Å². The minimum Gasteiger partial charge on any atom is -0.456 e. The molecule has 0 saturated heterocycles. The third-order valence-corrected chi connectivity index (χ3v) is 6.66. The number of fused-ring (bicyclic) bond motifs is 3. The van der Waals surface area contributed by atoms with Crippen LogP contribution < -0.4 is 9.47 Å². The van der Waals surface area contributed by atoms with Crippen LogP contribution in [0.4, 0.5) is 0 Å². The molecule has 0 saturated carbocycles. The fraction of sp³-hybridized carbons (Fsp3) is 0.0909. The van der Waals surface area contributed by atoms with Crippen molar-refractivity contribution in [2.24, 2.45) is 0 Å². The van der Waals surface area contributed by atoms with E-state index in [1.807, 2.05) is 99.6 Å². The lowest BCUT2D eigenvalue weighted by molar-refractivity contribution is 0.0989. The van der Waals surface area contributed by atoms with E-state index in [1.54, 1.807) is 12.1 Å². The second-order valence-electron chi connectivity index (χ2n) is 9.50. The first-order valence-corrected chi connectivity index (χ1v) is 12.2. The first-order valence-electron chi connectivity index (χ1n) is 12.2.